The molecule has 0 fully saturated rings. The molecule has 0 aliphatic heterocycles. The lowest BCUT2D eigenvalue weighted by Crippen LogP contribution is -2.13. The van der Waals surface area contributed by atoms with Gasteiger partial charge in [0.2, 0.25) is 0 Å². The largest absolute Gasteiger partial charge is 0.422 e. The first-order valence-electron chi connectivity index (χ1n) is 9.45. The Hall–Kier alpha value is -3.66. The minimum atomic E-state index is -0.376. The van der Waals surface area contributed by atoms with Crippen LogP contribution in [0, 0.1) is 20.8 Å². The quantitative estimate of drug-likeness (QED) is 0.466. The number of fused-ring (bicyclic) bond motifs is 1. The first kappa shape index (κ1) is 18.7. The molecule has 0 bridgehead atoms. The van der Waals surface area contributed by atoms with Crippen LogP contribution in [0.3, 0.4) is 0 Å². The summed E-state index contributed by atoms with van der Waals surface area (Å²) in [6.07, 6.45) is 0. The van der Waals surface area contributed by atoms with Crippen LogP contribution in [-0.2, 0) is 0 Å². The molecule has 4 rings (SSSR count). The molecule has 4 heteroatoms. The van der Waals surface area contributed by atoms with Crippen molar-refractivity contribution in [2.45, 2.75) is 20.8 Å². The minimum absolute atomic E-state index is 0.153. The number of rotatable bonds is 3. The van der Waals surface area contributed by atoms with Crippen LogP contribution in [0.25, 0.3) is 22.1 Å². The third-order valence-corrected chi connectivity index (χ3v) is 5.04. The van der Waals surface area contributed by atoms with E-state index in [2.05, 4.69) is 5.32 Å². The number of carbonyl (C=O) groups is 1. The van der Waals surface area contributed by atoms with Crippen molar-refractivity contribution in [3.05, 3.63) is 99.4 Å². The van der Waals surface area contributed by atoms with Crippen molar-refractivity contribution in [3.63, 3.8) is 0 Å². The molecule has 29 heavy (non-hydrogen) atoms. The summed E-state index contributed by atoms with van der Waals surface area (Å²) in [4.78, 5) is 25.1. The SMILES string of the molecule is Cc1ccc(C(=O)Nc2ccc(-c3cc4ccccc4oc3=O)c(C)c2)c(C)c1. The van der Waals surface area contributed by atoms with E-state index in [1.165, 1.54) is 0 Å². The second kappa shape index (κ2) is 7.40. The molecule has 4 aromatic rings. The van der Waals surface area contributed by atoms with Gasteiger partial charge in [0.25, 0.3) is 5.91 Å². The molecule has 0 saturated heterocycles. The highest BCUT2D eigenvalue weighted by Gasteiger charge is 2.13. The Kier molecular flexibility index (Phi) is 4.77. The Bertz CT molecular complexity index is 1300. The molecule has 1 heterocycles. The standard InChI is InChI=1S/C25H21NO3/c1-15-8-10-21(16(2)12-15)24(27)26-19-9-11-20(17(3)13-19)22-14-18-6-4-5-7-23(18)29-25(22)28/h4-14H,1-3H3,(H,26,27). The lowest BCUT2D eigenvalue weighted by molar-refractivity contribution is 0.102. The highest BCUT2D eigenvalue weighted by atomic mass is 16.4. The van der Waals surface area contributed by atoms with Crippen LogP contribution in [0.5, 0.6) is 0 Å². The van der Waals surface area contributed by atoms with Gasteiger partial charge in [-0.05, 0) is 67.8 Å². The van der Waals surface area contributed by atoms with E-state index in [1.807, 2.05) is 75.4 Å². The van der Waals surface area contributed by atoms with Gasteiger partial charge >= 0.3 is 5.63 Å². The molecular formula is C25H21NO3. The Morgan fingerprint density at radius 2 is 1.62 bits per heavy atom. The highest BCUT2D eigenvalue weighted by Crippen LogP contribution is 2.26. The fourth-order valence-electron chi connectivity index (χ4n) is 3.56. The Balaban J connectivity index is 1.66. The summed E-state index contributed by atoms with van der Waals surface area (Å²) in [5, 5.41) is 3.81. The van der Waals surface area contributed by atoms with Crippen LogP contribution in [0.15, 0.2) is 75.9 Å². The normalized spacial score (nSPS) is 10.9. The average Bonchev–Trinajstić information content (AvgIpc) is 2.68. The van der Waals surface area contributed by atoms with E-state index in [1.54, 1.807) is 12.1 Å². The van der Waals surface area contributed by atoms with Crippen molar-refractivity contribution < 1.29 is 9.21 Å². The molecule has 0 unspecified atom stereocenters. The first-order valence-corrected chi connectivity index (χ1v) is 9.45. The van der Waals surface area contributed by atoms with Crippen molar-refractivity contribution in [1.82, 2.24) is 0 Å². The van der Waals surface area contributed by atoms with E-state index in [0.717, 1.165) is 27.6 Å². The summed E-state index contributed by atoms with van der Waals surface area (Å²) in [7, 11) is 0. The molecule has 0 spiro atoms. The monoisotopic (exact) mass is 383 g/mol. The average molecular weight is 383 g/mol. The van der Waals surface area contributed by atoms with Gasteiger partial charge in [-0.3, -0.25) is 4.79 Å². The zero-order valence-corrected chi connectivity index (χ0v) is 16.6. The number of para-hydroxylation sites is 1. The van der Waals surface area contributed by atoms with Gasteiger partial charge in [0.05, 0.1) is 5.56 Å². The number of amides is 1. The van der Waals surface area contributed by atoms with Crippen molar-refractivity contribution in [3.8, 4) is 11.1 Å². The zero-order chi connectivity index (χ0) is 20.5. The molecule has 4 nitrogen and oxygen atoms in total. The van der Waals surface area contributed by atoms with Crippen molar-refractivity contribution in [2.24, 2.45) is 0 Å². The predicted molar refractivity (Wildman–Crippen MR) is 117 cm³/mol. The topological polar surface area (TPSA) is 59.3 Å². The zero-order valence-electron chi connectivity index (χ0n) is 16.6. The molecule has 0 aliphatic carbocycles. The molecule has 0 saturated carbocycles. The summed E-state index contributed by atoms with van der Waals surface area (Å²) in [5.74, 6) is -0.153. The third kappa shape index (κ3) is 3.69. The summed E-state index contributed by atoms with van der Waals surface area (Å²) in [6, 6.07) is 20.5. The molecule has 0 aliphatic rings. The fourth-order valence-corrected chi connectivity index (χ4v) is 3.56. The van der Waals surface area contributed by atoms with E-state index in [9.17, 15) is 9.59 Å². The van der Waals surface area contributed by atoms with Crippen LogP contribution in [0.2, 0.25) is 0 Å². The van der Waals surface area contributed by atoms with E-state index in [4.69, 9.17) is 4.42 Å². The number of nitrogens with one attached hydrogen (secondary N) is 1. The Morgan fingerprint density at radius 1 is 0.828 bits per heavy atom. The molecule has 0 atom stereocenters. The molecule has 1 aromatic heterocycles. The number of aryl methyl sites for hydroxylation is 3. The number of carbonyl (C=O) groups excluding carboxylic acids is 1. The van der Waals surface area contributed by atoms with Gasteiger partial charge in [0, 0.05) is 16.6 Å². The van der Waals surface area contributed by atoms with E-state index < -0.39 is 0 Å². The van der Waals surface area contributed by atoms with Crippen LogP contribution in [-0.4, -0.2) is 5.91 Å². The van der Waals surface area contributed by atoms with Crippen LogP contribution in [0.1, 0.15) is 27.0 Å². The fraction of sp³-hybridized carbons (Fsp3) is 0.120. The highest BCUT2D eigenvalue weighted by molar-refractivity contribution is 6.05. The van der Waals surface area contributed by atoms with Crippen LogP contribution in [0.4, 0.5) is 5.69 Å². The lowest BCUT2D eigenvalue weighted by Gasteiger charge is -2.11. The number of hydrogen-bond acceptors (Lipinski definition) is 3. The lowest BCUT2D eigenvalue weighted by atomic mass is 10.00. The van der Waals surface area contributed by atoms with E-state index in [0.29, 0.717) is 22.4 Å². The molecule has 1 amide bonds. The van der Waals surface area contributed by atoms with Crippen molar-refractivity contribution in [1.29, 1.82) is 0 Å². The second-order valence-electron chi connectivity index (χ2n) is 7.29. The molecule has 1 N–H and O–H groups in total. The summed E-state index contributed by atoms with van der Waals surface area (Å²) in [5.41, 5.74) is 5.75. The maximum Gasteiger partial charge on any atom is 0.344 e. The van der Waals surface area contributed by atoms with Gasteiger partial charge in [-0.25, -0.2) is 4.79 Å². The van der Waals surface area contributed by atoms with Gasteiger partial charge in [0.15, 0.2) is 0 Å². The maximum absolute atomic E-state index is 12.6. The number of anilines is 1. The van der Waals surface area contributed by atoms with Gasteiger partial charge < -0.3 is 9.73 Å². The smallest absolute Gasteiger partial charge is 0.344 e. The van der Waals surface area contributed by atoms with Gasteiger partial charge in [-0.1, -0.05) is 42.0 Å². The maximum atomic E-state index is 12.6. The number of benzene rings is 3. The minimum Gasteiger partial charge on any atom is -0.422 e. The third-order valence-electron chi connectivity index (χ3n) is 5.04. The summed E-state index contributed by atoms with van der Waals surface area (Å²) < 4.78 is 5.45. The predicted octanol–water partition coefficient (Wildman–Crippen LogP) is 5.64. The van der Waals surface area contributed by atoms with E-state index in [-0.39, 0.29) is 11.5 Å². The van der Waals surface area contributed by atoms with Gasteiger partial charge in [-0.2, -0.15) is 0 Å². The summed E-state index contributed by atoms with van der Waals surface area (Å²) in [6.45, 7) is 5.84. The number of hydrogen-bond donors (Lipinski definition) is 1. The Morgan fingerprint density at radius 3 is 2.38 bits per heavy atom. The van der Waals surface area contributed by atoms with Crippen molar-refractivity contribution >= 4 is 22.6 Å². The molecule has 0 radical (unpaired) electrons. The Labute approximate surface area is 168 Å². The summed E-state index contributed by atoms with van der Waals surface area (Å²) >= 11 is 0. The van der Waals surface area contributed by atoms with Crippen LogP contribution < -0.4 is 10.9 Å². The van der Waals surface area contributed by atoms with Crippen LogP contribution >= 0.6 is 0 Å². The molecule has 144 valence electrons. The first-order chi connectivity index (χ1) is 13.9. The molecule has 3 aromatic carbocycles. The van der Waals surface area contributed by atoms with E-state index >= 15 is 0 Å². The van der Waals surface area contributed by atoms with Gasteiger partial charge in [-0.15, -0.1) is 0 Å². The second-order valence-corrected chi connectivity index (χ2v) is 7.29. The van der Waals surface area contributed by atoms with Crippen molar-refractivity contribution in [2.75, 3.05) is 5.32 Å². The molecular weight excluding hydrogens is 362 g/mol. The van der Waals surface area contributed by atoms with Gasteiger partial charge in [0.1, 0.15) is 5.58 Å².